The summed E-state index contributed by atoms with van der Waals surface area (Å²) in [6.45, 7) is 2.44. The molecule has 6 atom stereocenters. The van der Waals surface area contributed by atoms with Gasteiger partial charge in [0.15, 0.2) is 0 Å². The van der Waals surface area contributed by atoms with E-state index in [4.69, 9.17) is 0 Å². The zero-order valence-electron chi connectivity index (χ0n) is 38.7. The quantitative estimate of drug-likeness (QED) is 0.118. The SMILES string of the molecule is C[C@@H]1CC(C2=CCC(C(C/C(=C\C[C@H]3C=CC=CC3)c3ccccc3)N(C)C)C=C2)=Cc2c1n(-c1cccc(-c3ccc4c(c3)C(P)(c3ccccc3)C3=C4C=CCC3)c1)c1ccccc21. The number of hydrogen-bond donors (Lipinski definition) is 0. The van der Waals surface area contributed by atoms with Crippen LogP contribution in [0.15, 0.2) is 205 Å². The standard InChI is InChI=1S/C63H61N2P/c1-43-38-51(46-32-34-47(35-33-46)61(64(2)3)42-50(45-20-9-5-10-21-45)31-30-44-18-7-4-8-19-44)40-57-56-27-14-16-29-60(56)65(62(43)57)53-25-17-22-48(39-53)49-36-37-55-54-26-13-15-28-58(54)63(66,59(55)41-49)52-23-11-6-12-24-52/h4-14,16-18,20-27,29,31-34,36-37,39-41,43-44,47,61H,15,19,28,30,35,38,42,66H2,1-3H3/b50-31+/t43-,44+,47?,61?,63?/m1/s1. The number of allylic oxidation sites excluding steroid dienone is 13. The number of rotatable bonds is 11. The summed E-state index contributed by atoms with van der Waals surface area (Å²) in [6, 6.07) is 48.1. The molecule has 1 heterocycles. The highest BCUT2D eigenvalue weighted by atomic mass is 31.0. The van der Waals surface area contributed by atoms with Crippen molar-refractivity contribution < 1.29 is 0 Å². The smallest absolute Gasteiger partial charge is 0.0566 e. The Morgan fingerprint density at radius 2 is 1.62 bits per heavy atom. The molecule has 0 spiro atoms. The van der Waals surface area contributed by atoms with Crippen molar-refractivity contribution in [2.24, 2.45) is 11.8 Å². The predicted molar refractivity (Wildman–Crippen MR) is 285 cm³/mol. The van der Waals surface area contributed by atoms with E-state index in [1.54, 1.807) is 0 Å². The van der Waals surface area contributed by atoms with Crippen LogP contribution in [0, 0.1) is 11.8 Å². The third kappa shape index (κ3) is 7.73. The lowest BCUT2D eigenvalue weighted by Crippen LogP contribution is -2.35. The fraction of sp³-hybridized carbons (Fsp3) is 0.238. The molecule has 0 saturated heterocycles. The summed E-state index contributed by atoms with van der Waals surface area (Å²) < 4.78 is 2.57. The largest absolute Gasteiger partial charge is 0.313 e. The summed E-state index contributed by atoms with van der Waals surface area (Å²) in [7, 11) is 7.84. The average molecular weight is 877 g/mol. The molecule has 66 heavy (non-hydrogen) atoms. The summed E-state index contributed by atoms with van der Waals surface area (Å²) in [5, 5.41) is 1.09. The van der Waals surface area contributed by atoms with Crippen molar-refractivity contribution in [1.29, 1.82) is 0 Å². The topological polar surface area (TPSA) is 8.17 Å². The maximum absolute atomic E-state index is 3.31. The first-order valence-corrected chi connectivity index (χ1v) is 24.9. The Hall–Kier alpha value is -6.05. The maximum Gasteiger partial charge on any atom is 0.0566 e. The van der Waals surface area contributed by atoms with Gasteiger partial charge in [-0.3, -0.25) is 0 Å². The molecule has 5 aliphatic carbocycles. The Bertz CT molecular complexity index is 3070. The lowest BCUT2D eigenvalue weighted by atomic mass is 9.80. The summed E-state index contributed by atoms with van der Waals surface area (Å²) in [4.78, 5) is 2.46. The third-order valence-corrected chi connectivity index (χ3v) is 16.3. The first kappa shape index (κ1) is 42.6. The van der Waals surface area contributed by atoms with E-state index in [1.165, 1.54) is 89.1 Å². The van der Waals surface area contributed by atoms with E-state index in [1.807, 2.05) is 0 Å². The van der Waals surface area contributed by atoms with Crippen LogP contribution in [0.3, 0.4) is 0 Å². The van der Waals surface area contributed by atoms with Crippen LogP contribution in [0.4, 0.5) is 0 Å². The minimum absolute atomic E-state index is 0.231. The lowest BCUT2D eigenvalue weighted by molar-refractivity contribution is 0.241. The first-order chi connectivity index (χ1) is 32.3. The molecular weight excluding hydrogens is 816 g/mol. The van der Waals surface area contributed by atoms with Gasteiger partial charge in [-0.05, 0) is 162 Å². The predicted octanol–water partition coefficient (Wildman–Crippen LogP) is 15.9. The van der Waals surface area contributed by atoms with Gasteiger partial charge in [0.05, 0.1) is 10.7 Å². The molecule has 1 aromatic heterocycles. The Balaban J connectivity index is 0.891. The van der Waals surface area contributed by atoms with Crippen LogP contribution in [0.25, 0.3) is 44.9 Å². The molecule has 2 nitrogen and oxygen atoms in total. The molecule has 4 unspecified atom stereocenters. The zero-order chi connectivity index (χ0) is 44.8. The van der Waals surface area contributed by atoms with Gasteiger partial charge in [0.1, 0.15) is 0 Å². The van der Waals surface area contributed by atoms with Crippen molar-refractivity contribution in [1.82, 2.24) is 9.47 Å². The van der Waals surface area contributed by atoms with Gasteiger partial charge in [0.25, 0.3) is 0 Å². The van der Waals surface area contributed by atoms with Crippen LogP contribution < -0.4 is 0 Å². The van der Waals surface area contributed by atoms with Crippen LogP contribution in [0.5, 0.6) is 0 Å². The Morgan fingerprint density at radius 1 is 0.818 bits per heavy atom. The number of fused-ring (bicyclic) bond motifs is 5. The van der Waals surface area contributed by atoms with Gasteiger partial charge in [0, 0.05) is 34.3 Å². The molecule has 0 saturated carbocycles. The second kappa shape index (κ2) is 18.0. The monoisotopic (exact) mass is 876 g/mol. The molecule has 0 bridgehead atoms. The van der Waals surface area contributed by atoms with Gasteiger partial charge in [0.2, 0.25) is 0 Å². The zero-order valence-corrected chi connectivity index (χ0v) is 39.9. The number of nitrogens with zero attached hydrogens (tertiary/aromatic N) is 2. The summed E-state index contributed by atoms with van der Waals surface area (Å²) in [6.07, 6.45) is 33.8. The van der Waals surface area contributed by atoms with Crippen molar-refractivity contribution in [3.05, 3.63) is 238 Å². The Kier molecular flexibility index (Phi) is 11.6. The van der Waals surface area contributed by atoms with Gasteiger partial charge in [-0.25, -0.2) is 0 Å². The van der Waals surface area contributed by atoms with E-state index < -0.39 is 0 Å². The molecule has 11 rings (SSSR count). The van der Waals surface area contributed by atoms with Crippen molar-refractivity contribution in [2.45, 2.75) is 69.0 Å². The number of hydrogen-bond acceptors (Lipinski definition) is 1. The van der Waals surface area contributed by atoms with Gasteiger partial charge in [-0.15, -0.1) is 9.24 Å². The van der Waals surface area contributed by atoms with E-state index >= 15 is 0 Å². The average Bonchev–Trinajstić information content (AvgIpc) is 3.85. The highest BCUT2D eigenvalue weighted by Crippen LogP contribution is 2.58. The van der Waals surface area contributed by atoms with Gasteiger partial charge < -0.3 is 9.47 Å². The summed E-state index contributed by atoms with van der Waals surface area (Å²) in [5.41, 5.74) is 20.4. The number of para-hydroxylation sites is 1. The van der Waals surface area contributed by atoms with Crippen LogP contribution in [-0.2, 0) is 5.16 Å². The van der Waals surface area contributed by atoms with Crippen molar-refractivity contribution in [3.8, 4) is 16.8 Å². The van der Waals surface area contributed by atoms with Crippen molar-refractivity contribution in [3.63, 3.8) is 0 Å². The van der Waals surface area contributed by atoms with Crippen molar-refractivity contribution >= 4 is 37.4 Å². The minimum Gasteiger partial charge on any atom is -0.313 e. The third-order valence-electron chi connectivity index (χ3n) is 15.3. The Labute approximate surface area is 395 Å². The van der Waals surface area contributed by atoms with Crippen LogP contribution in [-0.4, -0.2) is 29.6 Å². The normalized spacial score (nSPS) is 22.6. The molecule has 0 fully saturated rings. The lowest BCUT2D eigenvalue weighted by Gasteiger charge is -2.33. The van der Waals surface area contributed by atoms with Gasteiger partial charge in [-0.2, -0.15) is 0 Å². The second-order valence-corrected chi connectivity index (χ2v) is 20.4. The molecule has 6 aromatic rings. The highest BCUT2D eigenvalue weighted by Gasteiger charge is 2.42. The minimum atomic E-state index is -0.231. The molecule has 0 amide bonds. The fourth-order valence-electron chi connectivity index (χ4n) is 11.9. The maximum atomic E-state index is 3.31. The van der Waals surface area contributed by atoms with E-state index in [0.717, 1.165) is 44.9 Å². The molecule has 5 aromatic carbocycles. The molecule has 0 radical (unpaired) electrons. The van der Waals surface area contributed by atoms with E-state index in [9.17, 15) is 0 Å². The van der Waals surface area contributed by atoms with Crippen LogP contribution >= 0.6 is 9.24 Å². The van der Waals surface area contributed by atoms with E-state index in [0.29, 0.717) is 23.8 Å². The van der Waals surface area contributed by atoms with E-state index in [2.05, 4.69) is 234 Å². The van der Waals surface area contributed by atoms with Gasteiger partial charge in [-0.1, -0.05) is 171 Å². The molecule has 5 aliphatic rings. The Morgan fingerprint density at radius 3 is 2.41 bits per heavy atom. The number of benzene rings is 5. The first-order valence-electron chi connectivity index (χ1n) is 24.3. The summed E-state index contributed by atoms with van der Waals surface area (Å²) >= 11 is 0. The molecule has 0 N–H and O–H groups in total. The molecule has 3 heteroatoms. The van der Waals surface area contributed by atoms with Crippen LogP contribution in [0.2, 0.25) is 0 Å². The molecule has 0 aliphatic heterocycles. The summed E-state index contributed by atoms with van der Waals surface area (Å²) in [5.74, 6) is 1.36. The van der Waals surface area contributed by atoms with Gasteiger partial charge >= 0.3 is 0 Å². The molecular formula is C63H61N2P. The van der Waals surface area contributed by atoms with Crippen LogP contribution in [0.1, 0.15) is 91.3 Å². The molecule has 328 valence electrons. The number of aromatic nitrogens is 1. The fourth-order valence-corrected chi connectivity index (χ4v) is 12.6. The van der Waals surface area contributed by atoms with Crippen molar-refractivity contribution in [2.75, 3.05) is 14.1 Å². The second-order valence-electron chi connectivity index (χ2n) is 19.5. The van der Waals surface area contributed by atoms with E-state index in [-0.39, 0.29) is 5.16 Å². The highest BCUT2D eigenvalue weighted by molar-refractivity contribution is 7.19.